The molecule has 6 heteroatoms. The summed E-state index contributed by atoms with van der Waals surface area (Å²) in [6, 6.07) is 2.29. The number of likely N-dealkylation sites (tertiary alicyclic amines) is 1. The molecule has 104 valence electrons. The van der Waals surface area contributed by atoms with Gasteiger partial charge in [0.25, 0.3) is 0 Å². The van der Waals surface area contributed by atoms with E-state index in [1.54, 1.807) is 24.8 Å². The van der Waals surface area contributed by atoms with Gasteiger partial charge in [-0.15, -0.1) is 0 Å². The van der Waals surface area contributed by atoms with Crippen LogP contribution in [0.3, 0.4) is 0 Å². The Morgan fingerprint density at radius 1 is 1.20 bits per heavy atom. The third kappa shape index (κ3) is 2.91. The van der Waals surface area contributed by atoms with E-state index in [4.69, 9.17) is 0 Å². The van der Waals surface area contributed by atoms with E-state index in [0.717, 1.165) is 37.7 Å². The second-order valence-corrected chi connectivity index (χ2v) is 5.03. The van der Waals surface area contributed by atoms with Gasteiger partial charge in [-0.05, 0) is 12.5 Å². The van der Waals surface area contributed by atoms with Crippen LogP contribution in [0, 0.1) is 0 Å². The molecule has 0 spiro atoms. The van der Waals surface area contributed by atoms with E-state index in [0.29, 0.717) is 6.04 Å². The molecule has 2 aromatic heterocycles. The summed E-state index contributed by atoms with van der Waals surface area (Å²) in [6.45, 7) is 2.93. The Balaban J connectivity index is 1.59. The third-order valence-corrected chi connectivity index (χ3v) is 3.67. The molecular weight excluding hydrogens is 252 g/mol. The second kappa shape index (κ2) is 5.92. The van der Waals surface area contributed by atoms with E-state index in [9.17, 15) is 0 Å². The largest absolute Gasteiger partial charge is 0.340 e. The van der Waals surface area contributed by atoms with Gasteiger partial charge >= 0.3 is 0 Å². The number of hydrogen-bond donors (Lipinski definition) is 0. The molecule has 6 nitrogen and oxygen atoms in total. The molecule has 3 heterocycles. The first kappa shape index (κ1) is 12.9. The summed E-state index contributed by atoms with van der Waals surface area (Å²) >= 11 is 0. The van der Waals surface area contributed by atoms with Crippen LogP contribution in [0.2, 0.25) is 0 Å². The number of hydrogen-bond acceptors (Lipinski definition) is 6. The molecule has 1 fully saturated rings. The molecule has 0 radical (unpaired) electrons. The highest BCUT2D eigenvalue weighted by atomic mass is 15.3. The van der Waals surface area contributed by atoms with Crippen LogP contribution in [0.25, 0.3) is 0 Å². The summed E-state index contributed by atoms with van der Waals surface area (Å²) in [4.78, 5) is 21.6. The molecule has 20 heavy (non-hydrogen) atoms. The lowest BCUT2D eigenvalue weighted by molar-refractivity contribution is 0.321. The van der Waals surface area contributed by atoms with Crippen molar-refractivity contribution in [3.8, 4) is 0 Å². The SMILES string of the molecule is CN(c1ncccn1)C1CCN(Cc2cnccn2)C1. The zero-order valence-corrected chi connectivity index (χ0v) is 11.6. The van der Waals surface area contributed by atoms with Crippen molar-refractivity contribution in [1.29, 1.82) is 0 Å². The van der Waals surface area contributed by atoms with Gasteiger partial charge in [-0.2, -0.15) is 0 Å². The summed E-state index contributed by atoms with van der Waals surface area (Å²) < 4.78 is 0. The maximum absolute atomic E-state index is 4.33. The van der Waals surface area contributed by atoms with Gasteiger partial charge in [0, 0.05) is 63.7 Å². The third-order valence-electron chi connectivity index (χ3n) is 3.67. The molecule has 0 amide bonds. The lowest BCUT2D eigenvalue weighted by atomic mass is 10.2. The summed E-state index contributed by atoms with van der Waals surface area (Å²) in [5.41, 5.74) is 1.02. The fourth-order valence-electron chi connectivity index (χ4n) is 2.55. The van der Waals surface area contributed by atoms with E-state index in [-0.39, 0.29) is 0 Å². The molecule has 1 aliphatic rings. The first-order valence-electron chi connectivity index (χ1n) is 6.80. The average molecular weight is 270 g/mol. The number of rotatable bonds is 4. The van der Waals surface area contributed by atoms with Gasteiger partial charge < -0.3 is 4.90 Å². The van der Waals surface area contributed by atoms with Gasteiger partial charge in [0.15, 0.2) is 0 Å². The predicted octanol–water partition coefficient (Wildman–Crippen LogP) is 0.977. The molecule has 0 aliphatic carbocycles. The van der Waals surface area contributed by atoms with Crippen molar-refractivity contribution in [2.24, 2.45) is 0 Å². The Morgan fingerprint density at radius 2 is 2.05 bits per heavy atom. The van der Waals surface area contributed by atoms with Crippen molar-refractivity contribution in [1.82, 2.24) is 24.8 Å². The first-order valence-corrected chi connectivity index (χ1v) is 6.80. The molecule has 0 bridgehead atoms. The fourth-order valence-corrected chi connectivity index (χ4v) is 2.55. The summed E-state index contributed by atoms with van der Waals surface area (Å²) in [7, 11) is 2.06. The lowest BCUT2D eigenvalue weighted by Gasteiger charge is -2.24. The van der Waals surface area contributed by atoms with Gasteiger partial charge in [-0.3, -0.25) is 14.9 Å². The molecule has 1 atom stereocenters. The van der Waals surface area contributed by atoms with Crippen molar-refractivity contribution in [3.63, 3.8) is 0 Å². The molecular formula is C14H18N6. The van der Waals surface area contributed by atoms with E-state index in [1.165, 1.54) is 0 Å². The van der Waals surface area contributed by atoms with Gasteiger partial charge in [-0.25, -0.2) is 9.97 Å². The molecule has 1 saturated heterocycles. The molecule has 0 aromatic carbocycles. The van der Waals surface area contributed by atoms with Crippen LogP contribution in [-0.2, 0) is 6.54 Å². The van der Waals surface area contributed by atoms with E-state index in [2.05, 4.69) is 36.8 Å². The molecule has 1 unspecified atom stereocenters. The van der Waals surface area contributed by atoms with Crippen molar-refractivity contribution >= 4 is 5.95 Å². The van der Waals surface area contributed by atoms with Crippen LogP contribution in [0.5, 0.6) is 0 Å². The normalized spacial score (nSPS) is 19.1. The second-order valence-electron chi connectivity index (χ2n) is 5.03. The highest BCUT2D eigenvalue weighted by molar-refractivity contribution is 5.29. The summed E-state index contributed by atoms with van der Waals surface area (Å²) in [6.07, 6.45) is 9.96. The van der Waals surface area contributed by atoms with Crippen molar-refractivity contribution in [3.05, 3.63) is 42.7 Å². The van der Waals surface area contributed by atoms with Crippen molar-refractivity contribution in [2.75, 3.05) is 25.0 Å². The maximum atomic E-state index is 4.33. The van der Waals surface area contributed by atoms with Crippen LogP contribution in [-0.4, -0.2) is 51.0 Å². The molecule has 0 N–H and O–H groups in total. The number of anilines is 1. The lowest BCUT2D eigenvalue weighted by Crippen LogP contribution is -2.35. The molecule has 0 saturated carbocycles. The summed E-state index contributed by atoms with van der Waals surface area (Å²) in [5, 5.41) is 0. The van der Waals surface area contributed by atoms with Gasteiger partial charge in [0.1, 0.15) is 0 Å². The van der Waals surface area contributed by atoms with E-state index in [1.807, 2.05) is 12.3 Å². The number of aromatic nitrogens is 4. The topological polar surface area (TPSA) is 58.0 Å². The maximum Gasteiger partial charge on any atom is 0.225 e. The Hall–Kier alpha value is -2.08. The fraction of sp³-hybridized carbons (Fsp3) is 0.429. The minimum atomic E-state index is 0.453. The van der Waals surface area contributed by atoms with Crippen LogP contribution in [0.1, 0.15) is 12.1 Å². The molecule has 2 aromatic rings. The zero-order chi connectivity index (χ0) is 13.8. The van der Waals surface area contributed by atoms with Crippen LogP contribution >= 0.6 is 0 Å². The number of nitrogens with zero attached hydrogens (tertiary/aromatic N) is 6. The van der Waals surface area contributed by atoms with Crippen LogP contribution in [0.15, 0.2) is 37.1 Å². The van der Waals surface area contributed by atoms with Crippen LogP contribution in [0.4, 0.5) is 5.95 Å². The molecule has 3 rings (SSSR count). The zero-order valence-electron chi connectivity index (χ0n) is 11.6. The highest BCUT2D eigenvalue weighted by Crippen LogP contribution is 2.19. The monoisotopic (exact) mass is 270 g/mol. The van der Waals surface area contributed by atoms with Gasteiger partial charge in [0.05, 0.1) is 5.69 Å². The standard InChI is InChI=1S/C14H18N6/c1-19(14-17-4-2-5-18-14)13-3-8-20(11-13)10-12-9-15-6-7-16-12/h2,4-7,9,13H,3,8,10-11H2,1H3. The smallest absolute Gasteiger partial charge is 0.225 e. The van der Waals surface area contributed by atoms with Crippen molar-refractivity contribution < 1.29 is 0 Å². The minimum absolute atomic E-state index is 0.453. The number of likely N-dealkylation sites (N-methyl/N-ethyl adjacent to an activating group) is 1. The summed E-state index contributed by atoms with van der Waals surface area (Å²) in [5.74, 6) is 0.791. The van der Waals surface area contributed by atoms with E-state index < -0.39 is 0 Å². The van der Waals surface area contributed by atoms with Gasteiger partial charge in [0.2, 0.25) is 5.95 Å². The van der Waals surface area contributed by atoms with E-state index >= 15 is 0 Å². The highest BCUT2D eigenvalue weighted by Gasteiger charge is 2.27. The first-order chi connectivity index (χ1) is 9.83. The Labute approximate surface area is 118 Å². The predicted molar refractivity (Wildman–Crippen MR) is 76.1 cm³/mol. The van der Waals surface area contributed by atoms with Crippen LogP contribution < -0.4 is 4.90 Å². The molecule has 1 aliphatic heterocycles. The van der Waals surface area contributed by atoms with Crippen molar-refractivity contribution in [2.45, 2.75) is 19.0 Å². The average Bonchev–Trinajstić information content (AvgIpc) is 2.97. The Kier molecular flexibility index (Phi) is 3.83. The Morgan fingerprint density at radius 3 is 2.80 bits per heavy atom. The quantitative estimate of drug-likeness (QED) is 0.825. The Bertz CT molecular complexity index is 532. The van der Waals surface area contributed by atoms with Gasteiger partial charge in [-0.1, -0.05) is 0 Å². The minimum Gasteiger partial charge on any atom is -0.340 e.